The van der Waals surface area contributed by atoms with Crippen molar-refractivity contribution in [2.75, 3.05) is 18.5 Å². The minimum absolute atomic E-state index is 0.0124. The summed E-state index contributed by atoms with van der Waals surface area (Å²) in [5.41, 5.74) is 8.73. The minimum Gasteiger partial charge on any atom is -0.370 e. The maximum absolute atomic E-state index is 12.0. The van der Waals surface area contributed by atoms with Gasteiger partial charge in [-0.2, -0.15) is 0 Å². The fourth-order valence-electron chi connectivity index (χ4n) is 2.83. The molecule has 142 valence electrons. The second-order valence-corrected chi connectivity index (χ2v) is 6.42. The number of aliphatic imine (C=N–C) groups is 1. The summed E-state index contributed by atoms with van der Waals surface area (Å²) in [6, 6.07) is 17.9. The van der Waals surface area contributed by atoms with Crippen molar-refractivity contribution in [1.82, 2.24) is 0 Å². The van der Waals surface area contributed by atoms with Gasteiger partial charge in [0.2, 0.25) is 11.8 Å². The molecule has 3 rings (SSSR count). The number of fused-ring (bicyclic) bond motifs is 1. The first kappa shape index (κ1) is 20.4. The first-order chi connectivity index (χ1) is 13.0. The SMILES string of the molecule is CCCCCC(N)=O.CN1C(=O)CN=C(c2ccccc2)c2ccccc21. The van der Waals surface area contributed by atoms with E-state index in [1.807, 2.05) is 54.6 Å². The smallest absolute Gasteiger partial charge is 0.248 e. The van der Waals surface area contributed by atoms with E-state index in [2.05, 4.69) is 11.9 Å². The number of benzene rings is 2. The van der Waals surface area contributed by atoms with Crippen LogP contribution >= 0.6 is 0 Å². The normalized spacial score (nSPS) is 13.0. The number of nitrogens with zero attached hydrogens (tertiary/aromatic N) is 2. The predicted octanol–water partition coefficient (Wildman–Crippen LogP) is 3.55. The lowest BCUT2D eigenvalue weighted by molar-refractivity contribution is -0.118. The summed E-state index contributed by atoms with van der Waals surface area (Å²) in [7, 11) is 1.80. The van der Waals surface area contributed by atoms with Gasteiger partial charge in [0.05, 0.1) is 11.4 Å². The minimum atomic E-state index is -0.182. The van der Waals surface area contributed by atoms with Gasteiger partial charge in [-0.1, -0.05) is 68.3 Å². The van der Waals surface area contributed by atoms with E-state index in [4.69, 9.17) is 5.73 Å². The van der Waals surface area contributed by atoms with E-state index in [1.165, 1.54) is 0 Å². The van der Waals surface area contributed by atoms with E-state index in [-0.39, 0.29) is 18.4 Å². The number of unbranched alkanes of at least 4 members (excludes halogenated alkanes) is 2. The maximum atomic E-state index is 12.0. The quantitative estimate of drug-likeness (QED) is 0.823. The van der Waals surface area contributed by atoms with Gasteiger partial charge in [-0.3, -0.25) is 14.6 Å². The fraction of sp³-hybridized carbons (Fsp3) is 0.318. The summed E-state index contributed by atoms with van der Waals surface area (Å²) in [5.74, 6) is -0.170. The standard InChI is InChI=1S/C16H14N2O.C6H13NO/c1-18-14-10-6-5-9-13(14)16(17-11-15(18)19)12-7-3-2-4-8-12;1-2-3-4-5-6(7)8/h2-10H,11H2,1H3;2-5H2,1H3,(H2,7,8). The van der Waals surface area contributed by atoms with Crippen LogP contribution in [0.3, 0.4) is 0 Å². The van der Waals surface area contributed by atoms with Crippen molar-refractivity contribution < 1.29 is 9.59 Å². The molecule has 0 unspecified atom stereocenters. The van der Waals surface area contributed by atoms with Crippen molar-refractivity contribution in [2.24, 2.45) is 10.7 Å². The number of primary amides is 1. The summed E-state index contributed by atoms with van der Waals surface area (Å²) in [5, 5.41) is 0. The number of benzodiazepines with no additional fused rings is 1. The zero-order valence-electron chi connectivity index (χ0n) is 16.0. The maximum Gasteiger partial charge on any atom is 0.248 e. The Balaban J connectivity index is 0.000000279. The van der Waals surface area contributed by atoms with Gasteiger partial charge in [0.15, 0.2) is 0 Å². The molecule has 5 heteroatoms. The van der Waals surface area contributed by atoms with E-state index >= 15 is 0 Å². The molecule has 27 heavy (non-hydrogen) atoms. The van der Waals surface area contributed by atoms with Gasteiger partial charge >= 0.3 is 0 Å². The van der Waals surface area contributed by atoms with Crippen molar-refractivity contribution in [3.05, 3.63) is 65.7 Å². The molecular formula is C22H27N3O2. The summed E-state index contributed by atoms with van der Waals surface area (Å²) >= 11 is 0. The molecule has 5 nitrogen and oxygen atoms in total. The van der Waals surface area contributed by atoms with E-state index in [0.717, 1.165) is 41.8 Å². The molecule has 2 amide bonds. The Kier molecular flexibility index (Phi) is 7.74. The number of amides is 2. The number of nitrogens with two attached hydrogens (primary N) is 1. The van der Waals surface area contributed by atoms with Crippen LogP contribution < -0.4 is 10.6 Å². The highest BCUT2D eigenvalue weighted by Crippen LogP contribution is 2.25. The van der Waals surface area contributed by atoms with Gasteiger partial charge in [0.25, 0.3) is 0 Å². The van der Waals surface area contributed by atoms with Gasteiger partial charge in [0.1, 0.15) is 6.54 Å². The molecule has 0 fully saturated rings. The van der Waals surface area contributed by atoms with E-state index < -0.39 is 0 Å². The lowest BCUT2D eigenvalue weighted by Gasteiger charge is -2.17. The summed E-state index contributed by atoms with van der Waals surface area (Å²) in [6.45, 7) is 2.29. The third kappa shape index (κ3) is 5.78. The van der Waals surface area contributed by atoms with Gasteiger partial charge in [-0.25, -0.2) is 0 Å². The number of para-hydroxylation sites is 1. The number of anilines is 1. The third-order valence-electron chi connectivity index (χ3n) is 4.34. The zero-order valence-corrected chi connectivity index (χ0v) is 16.0. The summed E-state index contributed by atoms with van der Waals surface area (Å²) < 4.78 is 0. The number of likely N-dealkylation sites (N-methyl/N-ethyl adjacent to an activating group) is 1. The molecule has 0 spiro atoms. The van der Waals surface area contributed by atoms with Crippen LogP contribution in [-0.2, 0) is 9.59 Å². The lowest BCUT2D eigenvalue weighted by Crippen LogP contribution is -2.27. The molecule has 0 radical (unpaired) electrons. The largest absolute Gasteiger partial charge is 0.370 e. The molecule has 2 N–H and O–H groups in total. The second-order valence-electron chi connectivity index (χ2n) is 6.42. The van der Waals surface area contributed by atoms with Crippen LogP contribution in [0.25, 0.3) is 0 Å². The Bertz CT molecular complexity index is 800. The highest BCUT2D eigenvalue weighted by molar-refractivity contribution is 6.19. The third-order valence-corrected chi connectivity index (χ3v) is 4.34. The Morgan fingerprint density at radius 3 is 2.41 bits per heavy atom. The first-order valence-corrected chi connectivity index (χ1v) is 9.28. The average Bonchev–Trinajstić information content (AvgIpc) is 2.81. The monoisotopic (exact) mass is 365 g/mol. The molecule has 1 aliphatic heterocycles. The van der Waals surface area contributed by atoms with Crippen LogP contribution in [-0.4, -0.2) is 31.1 Å². The van der Waals surface area contributed by atoms with E-state index in [0.29, 0.717) is 6.42 Å². The van der Waals surface area contributed by atoms with Gasteiger partial charge in [-0.15, -0.1) is 0 Å². The van der Waals surface area contributed by atoms with E-state index in [9.17, 15) is 9.59 Å². The van der Waals surface area contributed by atoms with Gasteiger partial charge < -0.3 is 10.6 Å². The average molecular weight is 365 g/mol. The highest BCUT2D eigenvalue weighted by Gasteiger charge is 2.21. The molecule has 1 heterocycles. The van der Waals surface area contributed by atoms with Crippen molar-refractivity contribution in [2.45, 2.75) is 32.6 Å². The Morgan fingerprint density at radius 2 is 1.74 bits per heavy atom. The van der Waals surface area contributed by atoms with Crippen molar-refractivity contribution in [3.63, 3.8) is 0 Å². The molecule has 0 saturated heterocycles. The van der Waals surface area contributed by atoms with Crippen LogP contribution in [0, 0.1) is 0 Å². The van der Waals surface area contributed by atoms with Crippen LogP contribution in [0.5, 0.6) is 0 Å². The van der Waals surface area contributed by atoms with Crippen molar-refractivity contribution >= 4 is 23.2 Å². The Morgan fingerprint density at radius 1 is 1.07 bits per heavy atom. The topological polar surface area (TPSA) is 75.8 Å². The van der Waals surface area contributed by atoms with E-state index in [1.54, 1.807) is 11.9 Å². The molecule has 1 aliphatic rings. The molecule has 0 atom stereocenters. The molecule has 0 bridgehead atoms. The molecule has 0 saturated carbocycles. The number of rotatable bonds is 5. The van der Waals surface area contributed by atoms with Crippen molar-refractivity contribution in [3.8, 4) is 0 Å². The van der Waals surface area contributed by atoms with Crippen LogP contribution in [0.1, 0.15) is 43.7 Å². The molecule has 2 aromatic rings. The fourth-order valence-corrected chi connectivity index (χ4v) is 2.83. The summed E-state index contributed by atoms with van der Waals surface area (Å²) in [4.78, 5) is 28.2. The Labute approximate surface area is 160 Å². The first-order valence-electron chi connectivity index (χ1n) is 9.28. The number of carbonyl (C=O) groups is 2. The second kappa shape index (κ2) is 10.3. The van der Waals surface area contributed by atoms with Gasteiger partial charge in [-0.05, 0) is 12.5 Å². The molecule has 0 aromatic heterocycles. The van der Waals surface area contributed by atoms with Crippen LogP contribution in [0.2, 0.25) is 0 Å². The number of carbonyl (C=O) groups excluding carboxylic acids is 2. The predicted molar refractivity (Wildman–Crippen MR) is 110 cm³/mol. The number of hydrogen-bond donors (Lipinski definition) is 1. The molecular weight excluding hydrogens is 338 g/mol. The lowest BCUT2D eigenvalue weighted by atomic mass is 10.0. The zero-order chi connectivity index (χ0) is 19.6. The molecule has 2 aromatic carbocycles. The van der Waals surface area contributed by atoms with Crippen LogP contribution in [0.15, 0.2) is 59.6 Å². The van der Waals surface area contributed by atoms with Gasteiger partial charge in [0, 0.05) is 24.6 Å². The molecule has 0 aliphatic carbocycles. The number of hydrogen-bond acceptors (Lipinski definition) is 3. The van der Waals surface area contributed by atoms with Crippen molar-refractivity contribution in [1.29, 1.82) is 0 Å². The van der Waals surface area contributed by atoms with Crippen LogP contribution in [0.4, 0.5) is 5.69 Å². The highest BCUT2D eigenvalue weighted by atomic mass is 16.2. The Hall–Kier alpha value is -2.95. The summed E-state index contributed by atoms with van der Waals surface area (Å²) in [6.07, 6.45) is 3.76.